The molecule has 1 fully saturated rings. The first-order chi connectivity index (χ1) is 19.6. The number of hydrogen-bond acceptors (Lipinski definition) is 4. The highest BCUT2D eigenvalue weighted by atomic mass is 32.2. The maximum absolute atomic E-state index is 14.4. The topological polar surface area (TPSA) is 46.8 Å². The number of aliphatic imine (C=N–C) groups is 1. The fourth-order valence-corrected chi connectivity index (χ4v) is 5.72. The second-order valence-corrected chi connectivity index (χ2v) is 10.4. The number of methoxy groups -OCH3 is 1. The Morgan fingerprint density at radius 3 is 2.38 bits per heavy atom. The van der Waals surface area contributed by atoms with Gasteiger partial charge in [-0.05, 0) is 59.8 Å². The maximum Gasteiger partial charge on any atom is 0.267 e. The molecule has 0 bridgehead atoms. The molecule has 1 aliphatic rings. The highest BCUT2D eigenvalue weighted by molar-refractivity contribution is 8.18. The molecule has 0 saturated carbocycles. The average molecular weight is 548 g/mol. The Hall–Kier alpha value is -4.62. The molecule has 198 valence electrons. The fourth-order valence-electron chi connectivity index (χ4n) is 4.73. The van der Waals surface area contributed by atoms with Gasteiger partial charge in [0.05, 0.1) is 30.8 Å². The van der Waals surface area contributed by atoms with E-state index in [-0.39, 0.29) is 11.7 Å². The van der Waals surface area contributed by atoms with Crippen molar-refractivity contribution < 1.29 is 13.9 Å². The van der Waals surface area contributed by atoms with E-state index in [4.69, 9.17) is 9.73 Å². The van der Waals surface area contributed by atoms with E-state index < -0.39 is 0 Å². The molecule has 5 aromatic rings. The molecule has 1 aromatic heterocycles. The predicted octanol–water partition coefficient (Wildman–Crippen LogP) is 7.64. The number of hydrogen-bond donors (Lipinski definition) is 0. The van der Waals surface area contributed by atoms with Gasteiger partial charge < -0.3 is 9.30 Å². The number of amides is 1. The van der Waals surface area contributed by atoms with E-state index in [1.165, 1.54) is 17.8 Å². The Labute approximate surface area is 236 Å². The number of carbonyl (C=O) groups is 1. The fraction of sp³-hybridized carbons (Fsp3) is 0.0909. The lowest BCUT2D eigenvalue weighted by molar-refractivity contribution is -0.122. The van der Waals surface area contributed by atoms with Crippen LogP contribution in [0.4, 0.5) is 10.1 Å². The number of amidine groups is 1. The van der Waals surface area contributed by atoms with Gasteiger partial charge in [-0.1, -0.05) is 66.7 Å². The number of aromatic nitrogens is 1. The van der Waals surface area contributed by atoms with Gasteiger partial charge in [0.1, 0.15) is 11.6 Å². The van der Waals surface area contributed by atoms with E-state index >= 15 is 0 Å². The Balaban J connectivity index is 1.37. The number of benzene rings is 4. The number of fused-ring (bicyclic) bond motifs is 1. The summed E-state index contributed by atoms with van der Waals surface area (Å²) in [5.74, 6) is 0.412. The van der Waals surface area contributed by atoms with Crippen LogP contribution < -0.4 is 4.74 Å². The predicted molar refractivity (Wildman–Crippen MR) is 160 cm³/mol. The van der Waals surface area contributed by atoms with E-state index in [1.54, 1.807) is 24.1 Å². The number of thioether (sulfide) groups is 1. The van der Waals surface area contributed by atoms with E-state index in [0.717, 1.165) is 33.5 Å². The van der Waals surface area contributed by atoms with Crippen molar-refractivity contribution in [2.45, 2.75) is 13.1 Å². The molecule has 4 aromatic carbocycles. The molecule has 0 atom stereocenters. The number of ether oxygens (including phenoxy) is 1. The molecule has 6 rings (SSSR count). The molecule has 0 unspecified atom stereocenters. The third kappa shape index (κ3) is 5.28. The molecule has 5 nitrogen and oxygen atoms in total. The molecule has 0 N–H and O–H groups in total. The quantitative estimate of drug-likeness (QED) is 0.197. The lowest BCUT2D eigenvalue weighted by Gasteiger charge is -2.16. The van der Waals surface area contributed by atoms with Crippen LogP contribution in [0.25, 0.3) is 17.0 Å². The van der Waals surface area contributed by atoms with E-state index in [1.807, 2.05) is 102 Å². The number of rotatable bonds is 7. The van der Waals surface area contributed by atoms with Gasteiger partial charge in [-0.15, -0.1) is 0 Å². The van der Waals surface area contributed by atoms with Crippen molar-refractivity contribution in [3.63, 3.8) is 0 Å². The standard InChI is InChI=1S/C33H26FN3O2S/c1-39-27-17-15-23(16-18-27)20-37-32(38)31(40-33(37)35-26-10-3-2-4-11-26)19-25-22-36(30-14-8-6-12-28(25)30)21-24-9-5-7-13-29(24)34/h2-19,22H,20-21H2,1H3/b31-19+,35-33?. The van der Waals surface area contributed by atoms with Crippen molar-refractivity contribution in [1.82, 2.24) is 9.47 Å². The van der Waals surface area contributed by atoms with Crippen LogP contribution in [0.1, 0.15) is 16.7 Å². The summed E-state index contributed by atoms with van der Waals surface area (Å²) in [5.41, 5.74) is 4.23. The van der Waals surface area contributed by atoms with Crippen LogP contribution in [0.3, 0.4) is 0 Å². The summed E-state index contributed by atoms with van der Waals surface area (Å²) in [4.78, 5) is 20.9. The summed E-state index contributed by atoms with van der Waals surface area (Å²) in [6.07, 6.45) is 3.90. The zero-order valence-electron chi connectivity index (χ0n) is 21.8. The lowest BCUT2D eigenvalue weighted by Crippen LogP contribution is -2.28. The van der Waals surface area contributed by atoms with Crippen molar-refractivity contribution in [2.24, 2.45) is 4.99 Å². The number of carbonyl (C=O) groups excluding carboxylic acids is 1. The molecule has 0 radical (unpaired) electrons. The summed E-state index contributed by atoms with van der Waals surface area (Å²) in [6.45, 7) is 0.773. The first-order valence-corrected chi connectivity index (χ1v) is 13.7. The Morgan fingerprint density at radius 1 is 0.875 bits per heavy atom. The summed E-state index contributed by atoms with van der Waals surface area (Å²) in [7, 11) is 1.63. The first-order valence-electron chi connectivity index (χ1n) is 12.9. The highest BCUT2D eigenvalue weighted by Gasteiger charge is 2.33. The third-order valence-electron chi connectivity index (χ3n) is 6.77. The number of halogens is 1. The van der Waals surface area contributed by atoms with Crippen LogP contribution >= 0.6 is 11.8 Å². The number of para-hydroxylation sites is 2. The maximum atomic E-state index is 14.4. The SMILES string of the molecule is COc1ccc(CN2C(=O)/C(=C\c3cn(Cc4ccccc4F)c4ccccc34)SC2=Nc2ccccc2)cc1. The molecule has 7 heteroatoms. The number of nitrogens with zero attached hydrogens (tertiary/aromatic N) is 3. The van der Waals surface area contributed by atoms with Gasteiger partial charge >= 0.3 is 0 Å². The van der Waals surface area contributed by atoms with E-state index in [2.05, 4.69) is 0 Å². The molecule has 40 heavy (non-hydrogen) atoms. The van der Waals surface area contributed by atoms with Crippen molar-refractivity contribution in [2.75, 3.05) is 7.11 Å². The van der Waals surface area contributed by atoms with Crippen LogP contribution in [0, 0.1) is 5.82 Å². The summed E-state index contributed by atoms with van der Waals surface area (Å²) < 4.78 is 21.8. The molecule has 0 spiro atoms. The van der Waals surface area contributed by atoms with Crippen LogP contribution in [-0.2, 0) is 17.9 Å². The zero-order valence-corrected chi connectivity index (χ0v) is 22.6. The Bertz CT molecular complexity index is 1740. The summed E-state index contributed by atoms with van der Waals surface area (Å²) >= 11 is 1.36. The lowest BCUT2D eigenvalue weighted by atomic mass is 10.1. The van der Waals surface area contributed by atoms with Gasteiger partial charge in [0.15, 0.2) is 5.17 Å². The minimum Gasteiger partial charge on any atom is -0.497 e. The molecule has 1 saturated heterocycles. The van der Waals surface area contributed by atoms with E-state index in [0.29, 0.717) is 28.7 Å². The largest absolute Gasteiger partial charge is 0.497 e. The van der Waals surface area contributed by atoms with Crippen molar-refractivity contribution in [3.05, 3.63) is 137 Å². The Kier molecular flexibility index (Phi) is 7.21. The first kappa shape index (κ1) is 25.6. The minimum absolute atomic E-state index is 0.110. The summed E-state index contributed by atoms with van der Waals surface area (Å²) in [5, 5.41) is 1.61. The van der Waals surface area contributed by atoms with Gasteiger partial charge in [-0.2, -0.15) is 0 Å². The summed E-state index contributed by atoms with van der Waals surface area (Å²) in [6, 6.07) is 32.1. The smallest absolute Gasteiger partial charge is 0.267 e. The van der Waals surface area contributed by atoms with Crippen LogP contribution in [0.2, 0.25) is 0 Å². The minimum atomic E-state index is -0.238. The van der Waals surface area contributed by atoms with Crippen molar-refractivity contribution >= 4 is 45.5 Å². The van der Waals surface area contributed by atoms with Gasteiger partial charge in [-0.25, -0.2) is 9.38 Å². The molecule has 0 aliphatic carbocycles. The second-order valence-electron chi connectivity index (χ2n) is 9.40. The zero-order chi connectivity index (χ0) is 27.5. The normalized spacial score (nSPS) is 15.4. The second kappa shape index (κ2) is 11.2. The molecule has 1 amide bonds. The van der Waals surface area contributed by atoms with Gasteiger partial charge in [-0.3, -0.25) is 9.69 Å². The molecular weight excluding hydrogens is 521 g/mol. The molecule has 2 heterocycles. The van der Waals surface area contributed by atoms with E-state index in [9.17, 15) is 9.18 Å². The van der Waals surface area contributed by atoms with Crippen LogP contribution in [0.5, 0.6) is 5.75 Å². The van der Waals surface area contributed by atoms with Gasteiger partial charge in [0.2, 0.25) is 0 Å². The average Bonchev–Trinajstić information content (AvgIpc) is 3.47. The van der Waals surface area contributed by atoms with Crippen molar-refractivity contribution in [1.29, 1.82) is 0 Å². The third-order valence-corrected chi connectivity index (χ3v) is 7.78. The molecular formula is C33H26FN3O2S. The van der Waals surface area contributed by atoms with Crippen LogP contribution in [0.15, 0.2) is 119 Å². The monoisotopic (exact) mass is 547 g/mol. The van der Waals surface area contributed by atoms with Gasteiger partial charge in [0.25, 0.3) is 5.91 Å². The molecule has 1 aliphatic heterocycles. The Morgan fingerprint density at radius 2 is 1.60 bits per heavy atom. The van der Waals surface area contributed by atoms with Crippen LogP contribution in [-0.4, -0.2) is 27.7 Å². The van der Waals surface area contributed by atoms with Gasteiger partial charge in [0, 0.05) is 28.2 Å². The highest BCUT2D eigenvalue weighted by Crippen LogP contribution is 2.37. The van der Waals surface area contributed by atoms with Crippen molar-refractivity contribution in [3.8, 4) is 5.75 Å².